The van der Waals surface area contributed by atoms with Crippen molar-refractivity contribution >= 4 is 5.95 Å². The number of aliphatic hydroxyl groups excluding tert-OH is 1. The molecule has 2 aliphatic heterocycles. The summed E-state index contributed by atoms with van der Waals surface area (Å²) >= 11 is 0. The number of alkyl halides is 6. The Balaban J connectivity index is 1.23. The molecule has 0 amide bonds. The van der Waals surface area contributed by atoms with Crippen LogP contribution in [0.3, 0.4) is 0 Å². The van der Waals surface area contributed by atoms with Crippen LogP contribution < -0.4 is 15.2 Å². The summed E-state index contributed by atoms with van der Waals surface area (Å²) in [4.78, 5) is 22.6. The molecule has 2 saturated heterocycles. The molecule has 0 aromatic carbocycles. The molecule has 2 fully saturated rings. The van der Waals surface area contributed by atoms with Gasteiger partial charge >= 0.3 is 12.4 Å². The summed E-state index contributed by atoms with van der Waals surface area (Å²) < 4.78 is 88.5. The molecule has 204 valence electrons. The number of aromatic amines is 1. The average Bonchev–Trinajstić information content (AvgIpc) is 3.28. The lowest BCUT2D eigenvalue weighted by molar-refractivity contribution is -0.140. The van der Waals surface area contributed by atoms with Crippen LogP contribution >= 0.6 is 0 Å². The summed E-state index contributed by atoms with van der Waals surface area (Å²) in [6, 6.07) is 0. The first kappa shape index (κ1) is 27.1. The zero-order valence-corrected chi connectivity index (χ0v) is 19.3. The summed E-state index contributed by atoms with van der Waals surface area (Å²) in [7, 11) is 0. The molecule has 0 aliphatic carbocycles. The third kappa shape index (κ3) is 6.67. The Hall–Kier alpha value is -2.98. The fraction of sp³-hybridized carbons (Fsp3) is 0.619. The van der Waals surface area contributed by atoms with Gasteiger partial charge in [-0.2, -0.15) is 31.4 Å². The molecule has 10 nitrogen and oxygen atoms in total. The monoisotopic (exact) mass is 538 g/mol. The van der Waals surface area contributed by atoms with E-state index >= 15 is 0 Å². The van der Waals surface area contributed by atoms with Crippen LogP contribution in [0.4, 0.5) is 32.3 Å². The van der Waals surface area contributed by atoms with Crippen molar-refractivity contribution in [2.75, 3.05) is 37.7 Å². The van der Waals surface area contributed by atoms with Gasteiger partial charge in [0.1, 0.15) is 12.8 Å². The molecule has 0 saturated carbocycles. The smallest absolute Gasteiger partial charge is 0.425 e. The summed E-state index contributed by atoms with van der Waals surface area (Å²) in [6.45, 7) is 1.42. The topological polar surface area (TPSA) is 117 Å². The minimum absolute atomic E-state index is 0.174. The predicted molar refractivity (Wildman–Crippen MR) is 115 cm³/mol. The van der Waals surface area contributed by atoms with Gasteiger partial charge in [-0.25, -0.2) is 15.1 Å². The van der Waals surface area contributed by atoms with E-state index < -0.39 is 47.1 Å². The number of hydrogen-bond donors (Lipinski definition) is 2. The normalized spacial score (nSPS) is 22.3. The van der Waals surface area contributed by atoms with Gasteiger partial charge in [-0.1, -0.05) is 0 Å². The van der Waals surface area contributed by atoms with E-state index in [2.05, 4.69) is 15.1 Å². The Bertz CT molecular complexity index is 1100. The first-order chi connectivity index (χ1) is 17.4. The Morgan fingerprint density at radius 1 is 1.03 bits per heavy atom. The van der Waals surface area contributed by atoms with Gasteiger partial charge in [-0.05, 0) is 12.8 Å². The molecule has 4 heterocycles. The third-order valence-electron chi connectivity index (χ3n) is 6.18. The largest absolute Gasteiger partial charge is 0.488 e. The van der Waals surface area contributed by atoms with E-state index in [0.717, 1.165) is 18.6 Å². The Kier molecular flexibility index (Phi) is 7.89. The number of aromatic nitrogens is 4. The molecular formula is C21H24F6N6O4. The summed E-state index contributed by atoms with van der Waals surface area (Å²) in [6.07, 6.45) is -7.58. The summed E-state index contributed by atoms with van der Waals surface area (Å²) in [5.41, 5.74) is -3.79. The predicted octanol–water partition coefficient (Wildman–Crippen LogP) is 2.05. The number of nitrogens with one attached hydrogen (secondary N) is 1. The van der Waals surface area contributed by atoms with Crippen molar-refractivity contribution in [1.29, 1.82) is 0 Å². The third-order valence-corrected chi connectivity index (χ3v) is 6.18. The highest BCUT2D eigenvalue weighted by molar-refractivity contribution is 5.31. The van der Waals surface area contributed by atoms with Crippen LogP contribution in [-0.2, 0) is 17.1 Å². The lowest BCUT2D eigenvalue weighted by atomic mass is 10.1. The number of aliphatic hydroxyl groups is 1. The van der Waals surface area contributed by atoms with E-state index in [1.807, 2.05) is 0 Å². The van der Waals surface area contributed by atoms with Gasteiger partial charge in [0.15, 0.2) is 11.3 Å². The molecule has 16 heteroatoms. The summed E-state index contributed by atoms with van der Waals surface area (Å²) in [5, 5.41) is 15.7. The van der Waals surface area contributed by atoms with Crippen LogP contribution in [0.1, 0.15) is 30.4 Å². The molecule has 37 heavy (non-hydrogen) atoms. The van der Waals surface area contributed by atoms with Crippen molar-refractivity contribution in [3.05, 3.63) is 40.1 Å². The van der Waals surface area contributed by atoms with Crippen LogP contribution in [0.15, 0.2) is 23.4 Å². The van der Waals surface area contributed by atoms with Crippen molar-refractivity contribution in [2.24, 2.45) is 0 Å². The van der Waals surface area contributed by atoms with Gasteiger partial charge in [-0.15, -0.1) is 0 Å². The number of H-pyrrole nitrogens is 1. The maximum atomic E-state index is 13.1. The molecule has 2 N–H and O–H groups in total. The standard InChI is InChI=1S/C21H24F6N6O4/c22-20(23,24)12-8-28-19(29-9-12)33-5-3-32(4-6-33)16(34)7-13-1-2-14(37-13)11-36-15-10-30-31-18(35)17(15)21(25,26)27/h8-10,13-14,16,34H,1-7,11H2,(H,31,35)/t13-,14+,16?/m1/s1. The van der Waals surface area contributed by atoms with E-state index in [-0.39, 0.29) is 25.1 Å². The molecule has 2 aliphatic rings. The van der Waals surface area contributed by atoms with Crippen LogP contribution in [0.2, 0.25) is 0 Å². The van der Waals surface area contributed by atoms with E-state index in [1.165, 1.54) is 0 Å². The van der Waals surface area contributed by atoms with Crippen molar-refractivity contribution in [1.82, 2.24) is 25.1 Å². The number of rotatable bonds is 7. The van der Waals surface area contributed by atoms with E-state index in [0.29, 0.717) is 39.0 Å². The first-order valence-corrected chi connectivity index (χ1v) is 11.4. The zero-order valence-electron chi connectivity index (χ0n) is 19.3. The van der Waals surface area contributed by atoms with Gasteiger partial charge < -0.3 is 19.5 Å². The molecule has 0 bridgehead atoms. The molecular weight excluding hydrogens is 514 g/mol. The van der Waals surface area contributed by atoms with E-state index in [4.69, 9.17) is 9.47 Å². The van der Waals surface area contributed by atoms with Gasteiger partial charge in [-0.3, -0.25) is 9.69 Å². The van der Waals surface area contributed by atoms with Gasteiger partial charge in [0, 0.05) is 45.0 Å². The molecule has 2 aromatic rings. The van der Waals surface area contributed by atoms with Gasteiger partial charge in [0.25, 0.3) is 5.56 Å². The maximum absolute atomic E-state index is 13.1. The first-order valence-electron chi connectivity index (χ1n) is 11.4. The Labute approximate surface area is 206 Å². The highest BCUT2D eigenvalue weighted by Gasteiger charge is 2.39. The Morgan fingerprint density at radius 3 is 2.30 bits per heavy atom. The van der Waals surface area contributed by atoms with E-state index in [1.54, 1.807) is 14.9 Å². The molecule has 0 radical (unpaired) electrons. The lowest BCUT2D eigenvalue weighted by Gasteiger charge is -2.37. The molecule has 4 rings (SSSR count). The second-order valence-electron chi connectivity index (χ2n) is 8.71. The lowest BCUT2D eigenvalue weighted by Crippen LogP contribution is -2.51. The Morgan fingerprint density at radius 2 is 1.68 bits per heavy atom. The van der Waals surface area contributed by atoms with Crippen LogP contribution in [-0.4, -0.2) is 81.4 Å². The van der Waals surface area contributed by atoms with Gasteiger partial charge in [0.05, 0.1) is 24.0 Å². The molecule has 3 atom stereocenters. The molecule has 2 aromatic heterocycles. The minimum atomic E-state index is -4.91. The molecule has 1 unspecified atom stereocenters. The van der Waals surface area contributed by atoms with Crippen LogP contribution in [0, 0.1) is 0 Å². The number of anilines is 1. The highest BCUT2D eigenvalue weighted by atomic mass is 19.4. The van der Waals surface area contributed by atoms with Crippen molar-refractivity contribution in [2.45, 2.75) is 50.1 Å². The van der Waals surface area contributed by atoms with Crippen molar-refractivity contribution in [3.63, 3.8) is 0 Å². The van der Waals surface area contributed by atoms with Crippen LogP contribution in [0.25, 0.3) is 0 Å². The number of ether oxygens (including phenoxy) is 2. The number of nitrogens with zero attached hydrogens (tertiary/aromatic N) is 5. The van der Waals surface area contributed by atoms with Gasteiger partial charge in [0.2, 0.25) is 5.95 Å². The second kappa shape index (κ2) is 10.8. The number of halogens is 6. The highest BCUT2D eigenvalue weighted by Crippen LogP contribution is 2.33. The fourth-order valence-electron chi connectivity index (χ4n) is 4.25. The SMILES string of the molecule is O=c1[nH]ncc(OC[C@@H]2CC[C@H](CC(O)N3CCN(c4ncc(C(F)(F)F)cn4)CC3)O2)c1C(F)(F)F. The minimum Gasteiger partial charge on any atom is -0.488 e. The maximum Gasteiger partial charge on any atom is 0.425 e. The van der Waals surface area contributed by atoms with Crippen LogP contribution in [0.5, 0.6) is 5.75 Å². The van der Waals surface area contributed by atoms with Crippen molar-refractivity contribution < 1.29 is 40.9 Å². The van der Waals surface area contributed by atoms with Crippen molar-refractivity contribution in [3.8, 4) is 5.75 Å². The fourth-order valence-corrected chi connectivity index (χ4v) is 4.25. The second-order valence-corrected chi connectivity index (χ2v) is 8.71. The summed E-state index contributed by atoms with van der Waals surface area (Å²) in [5.74, 6) is -0.508. The van der Waals surface area contributed by atoms with E-state index in [9.17, 15) is 36.2 Å². The molecule has 0 spiro atoms. The average molecular weight is 538 g/mol. The number of hydrogen-bond acceptors (Lipinski definition) is 9. The quantitative estimate of drug-likeness (QED) is 0.511. The zero-order chi connectivity index (χ0) is 26.8. The number of piperazine rings is 1.